The first kappa shape index (κ1) is 12.2. The summed E-state index contributed by atoms with van der Waals surface area (Å²) in [7, 11) is 1.79. The van der Waals surface area contributed by atoms with E-state index in [-0.39, 0.29) is 0 Å². The van der Waals surface area contributed by atoms with Crippen molar-refractivity contribution in [1.82, 2.24) is 0 Å². The maximum Gasteiger partial charge on any atom is 0.0491 e. The first-order chi connectivity index (χ1) is 8.20. The SMILES string of the molecule is COCC1CCN(c2cc(N)ccc2C)CC1. The quantitative estimate of drug-likeness (QED) is 0.816. The molecule has 1 aliphatic rings. The molecular weight excluding hydrogens is 212 g/mol. The molecule has 0 spiro atoms. The monoisotopic (exact) mass is 234 g/mol. The van der Waals surface area contributed by atoms with Gasteiger partial charge in [0.05, 0.1) is 0 Å². The van der Waals surface area contributed by atoms with Gasteiger partial charge < -0.3 is 15.4 Å². The Morgan fingerprint density at radius 1 is 1.35 bits per heavy atom. The molecule has 1 aromatic carbocycles. The van der Waals surface area contributed by atoms with E-state index in [2.05, 4.69) is 24.0 Å². The van der Waals surface area contributed by atoms with Crippen molar-refractivity contribution in [3.05, 3.63) is 23.8 Å². The van der Waals surface area contributed by atoms with E-state index in [1.807, 2.05) is 6.07 Å². The van der Waals surface area contributed by atoms with Gasteiger partial charge in [0.15, 0.2) is 0 Å². The smallest absolute Gasteiger partial charge is 0.0491 e. The van der Waals surface area contributed by atoms with Crippen LogP contribution in [0.15, 0.2) is 18.2 Å². The number of nitrogen functional groups attached to an aromatic ring is 1. The van der Waals surface area contributed by atoms with E-state index in [1.54, 1.807) is 7.11 Å². The molecule has 0 radical (unpaired) electrons. The van der Waals surface area contributed by atoms with Gasteiger partial charge in [0.1, 0.15) is 0 Å². The minimum absolute atomic E-state index is 0.720. The van der Waals surface area contributed by atoms with Crippen LogP contribution in [0.1, 0.15) is 18.4 Å². The van der Waals surface area contributed by atoms with Crippen LogP contribution in [-0.2, 0) is 4.74 Å². The topological polar surface area (TPSA) is 38.5 Å². The Labute approximate surface area is 104 Å². The molecule has 1 saturated heterocycles. The number of anilines is 2. The van der Waals surface area contributed by atoms with Crippen LogP contribution in [0.2, 0.25) is 0 Å². The van der Waals surface area contributed by atoms with Crippen LogP contribution in [0.4, 0.5) is 11.4 Å². The van der Waals surface area contributed by atoms with E-state index in [9.17, 15) is 0 Å². The number of aryl methyl sites for hydroxylation is 1. The number of benzene rings is 1. The molecule has 17 heavy (non-hydrogen) atoms. The van der Waals surface area contributed by atoms with Crippen LogP contribution in [0.5, 0.6) is 0 Å². The lowest BCUT2D eigenvalue weighted by Gasteiger charge is -2.34. The molecule has 0 amide bonds. The molecule has 3 nitrogen and oxygen atoms in total. The third-order valence-corrected chi connectivity index (χ3v) is 3.59. The third-order valence-electron chi connectivity index (χ3n) is 3.59. The first-order valence-corrected chi connectivity index (χ1v) is 6.30. The number of ether oxygens (including phenoxy) is 1. The van der Waals surface area contributed by atoms with Gasteiger partial charge in [-0.15, -0.1) is 0 Å². The van der Waals surface area contributed by atoms with E-state index in [4.69, 9.17) is 10.5 Å². The van der Waals surface area contributed by atoms with E-state index in [0.29, 0.717) is 0 Å². The standard InChI is InChI=1S/C14H22N2O/c1-11-3-4-13(15)9-14(11)16-7-5-12(6-8-16)10-17-2/h3-4,9,12H,5-8,10,15H2,1-2H3. The number of rotatable bonds is 3. The summed E-state index contributed by atoms with van der Waals surface area (Å²) < 4.78 is 5.23. The summed E-state index contributed by atoms with van der Waals surface area (Å²) in [5, 5.41) is 0. The minimum Gasteiger partial charge on any atom is -0.399 e. The van der Waals surface area contributed by atoms with Crippen LogP contribution in [-0.4, -0.2) is 26.8 Å². The Hall–Kier alpha value is -1.22. The molecule has 0 aliphatic carbocycles. The Balaban J connectivity index is 2.02. The van der Waals surface area contributed by atoms with Crippen LogP contribution in [0, 0.1) is 12.8 Å². The number of hydrogen-bond donors (Lipinski definition) is 1. The molecule has 1 heterocycles. The highest BCUT2D eigenvalue weighted by Gasteiger charge is 2.20. The van der Waals surface area contributed by atoms with Gasteiger partial charge in [-0.25, -0.2) is 0 Å². The van der Waals surface area contributed by atoms with E-state index in [1.165, 1.54) is 24.1 Å². The van der Waals surface area contributed by atoms with Crippen LogP contribution >= 0.6 is 0 Å². The van der Waals surface area contributed by atoms with Gasteiger partial charge in [-0.3, -0.25) is 0 Å². The highest BCUT2D eigenvalue weighted by molar-refractivity contribution is 5.61. The largest absolute Gasteiger partial charge is 0.399 e. The summed E-state index contributed by atoms with van der Waals surface area (Å²) in [6.07, 6.45) is 2.42. The first-order valence-electron chi connectivity index (χ1n) is 6.30. The van der Waals surface area contributed by atoms with E-state index < -0.39 is 0 Å². The normalized spacial score (nSPS) is 17.4. The Morgan fingerprint density at radius 3 is 2.71 bits per heavy atom. The van der Waals surface area contributed by atoms with Crippen molar-refractivity contribution in [1.29, 1.82) is 0 Å². The van der Waals surface area contributed by atoms with Gasteiger partial charge in [0, 0.05) is 38.2 Å². The fourth-order valence-electron chi connectivity index (χ4n) is 2.54. The summed E-state index contributed by atoms with van der Waals surface area (Å²) in [5.41, 5.74) is 9.32. The molecule has 1 aliphatic heterocycles. The Morgan fingerprint density at radius 2 is 2.06 bits per heavy atom. The zero-order valence-corrected chi connectivity index (χ0v) is 10.8. The molecule has 0 saturated carbocycles. The molecule has 0 atom stereocenters. The minimum atomic E-state index is 0.720. The van der Waals surface area contributed by atoms with Crippen molar-refractivity contribution >= 4 is 11.4 Å². The fraction of sp³-hybridized carbons (Fsp3) is 0.571. The average Bonchev–Trinajstić information content (AvgIpc) is 2.34. The number of methoxy groups -OCH3 is 1. The second-order valence-corrected chi connectivity index (χ2v) is 4.93. The molecule has 0 aromatic heterocycles. The van der Waals surface area contributed by atoms with Crippen molar-refractivity contribution in [3.63, 3.8) is 0 Å². The Bertz CT molecular complexity index is 370. The van der Waals surface area contributed by atoms with Crippen molar-refractivity contribution in [2.24, 2.45) is 5.92 Å². The summed E-state index contributed by atoms with van der Waals surface area (Å²) in [6, 6.07) is 6.16. The maximum atomic E-state index is 5.86. The van der Waals surface area contributed by atoms with Crippen molar-refractivity contribution in [3.8, 4) is 0 Å². The predicted molar refractivity (Wildman–Crippen MR) is 72.4 cm³/mol. The molecule has 3 heteroatoms. The van der Waals surface area contributed by atoms with Gasteiger partial charge in [-0.1, -0.05) is 6.07 Å². The number of nitrogens with two attached hydrogens (primary N) is 1. The number of piperidine rings is 1. The summed E-state index contributed by atoms with van der Waals surface area (Å²) >= 11 is 0. The van der Waals surface area contributed by atoms with Gasteiger partial charge in [-0.05, 0) is 43.4 Å². The molecular formula is C14H22N2O. The van der Waals surface area contributed by atoms with Crippen LogP contribution in [0.25, 0.3) is 0 Å². The average molecular weight is 234 g/mol. The zero-order chi connectivity index (χ0) is 12.3. The summed E-state index contributed by atoms with van der Waals surface area (Å²) in [6.45, 7) is 5.26. The van der Waals surface area contributed by atoms with Crippen molar-refractivity contribution < 1.29 is 4.74 Å². The molecule has 1 fully saturated rings. The second-order valence-electron chi connectivity index (χ2n) is 4.93. The predicted octanol–water partition coefficient (Wildman–Crippen LogP) is 2.44. The second kappa shape index (κ2) is 5.41. The lowest BCUT2D eigenvalue weighted by atomic mass is 9.97. The number of hydrogen-bond acceptors (Lipinski definition) is 3. The third kappa shape index (κ3) is 2.91. The lowest BCUT2D eigenvalue weighted by molar-refractivity contribution is 0.139. The fourth-order valence-corrected chi connectivity index (χ4v) is 2.54. The highest BCUT2D eigenvalue weighted by atomic mass is 16.5. The molecule has 2 rings (SSSR count). The van der Waals surface area contributed by atoms with Crippen molar-refractivity contribution in [2.75, 3.05) is 37.4 Å². The highest BCUT2D eigenvalue weighted by Crippen LogP contribution is 2.27. The zero-order valence-electron chi connectivity index (χ0n) is 10.8. The van der Waals surface area contributed by atoms with E-state index in [0.717, 1.165) is 31.3 Å². The van der Waals surface area contributed by atoms with Crippen molar-refractivity contribution in [2.45, 2.75) is 19.8 Å². The maximum absolute atomic E-state index is 5.86. The molecule has 1 aromatic rings. The van der Waals surface area contributed by atoms with E-state index >= 15 is 0 Å². The molecule has 0 unspecified atom stereocenters. The Kier molecular flexibility index (Phi) is 3.89. The van der Waals surface area contributed by atoms with Gasteiger partial charge in [-0.2, -0.15) is 0 Å². The number of nitrogens with zero attached hydrogens (tertiary/aromatic N) is 1. The van der Waals surface area contributed by atoms with Crippen LogP contribution in [0.3, 0.4) is 0 Å². The molecule has 0 bridgehead atoms. The van der Waals surface area contributed by atoms with Crippen LogP contribution < -0.4 is 10.6 Å². The summed E-state index contributed by atoms with van der Waals surface area (Å²) in [4.78, 5) is 2.44. The lowest BCUT2D eigenvalue weighted by Crippen LogP contribution is -2.35. The van der Waals surface area contributed by atoms with Gasteiger partial charge in [0.2, 0.25) is 0 Å². The van der Waals surface area contributed by atoms with Gasteiger partial charge >= 0.3 is 0 Å². The molecule has 94 valence electrons. The molecule has 2 N–H and O–H groups in total. The summed E-state index contributed by atoms with van der Waals surface area (Å²) in [5.74, 6) is 0.720. The van der Waals surface area contributed by atoms with Gasteiger partial charge in [0.25, 0.3) is 0 Å².